The lowest BCUT2D eigenvalue weighted by Gasteiger charge is -2.35. The van der Waals surface area contributed by atoms with E-state index in [1.807, 2.05) is 29.3 Å². The van der Waals surface area contributed by atoms with Gasteiger partial charge in [0.15, 0.2) is 0 Å². The van der Waals surface area contributed by atoms with Gasteiger partial charge in [0, 0.05) is 54.9 Å². The van der Waals surface area contributed by atoms with E-state index in [0.29, 0.717) is 12.1 Å². The first-order chi connectivity index (χ1) is 13.3. The third-order valence-corrected chi connectivity index (χ3v) is 5.96. The fourth-order valence-corrected chi connectivity index (χ4v) is 4.71. The molecule has 1 saturated heterocycles. The van der Waals surface area contributed by atoms with E-state index in [2.05, 4.69) is 45.3 Å². The zero-order valence-electron chi connectivity index (χ0n) is 15.6. The van der Waals surface area contributed by atoms with Crippen LogP contribution in [0.5, 0.6) is 5.75 Å². The summed E-state index contributed by atoms with van der Waals surface area (Å²) in [6, 6.07) is 14.0. The fraction of sp³-hybridized carbons (Fsp3) is 0.364. The summed E-state index contributed by atoms with van der Waals surface area (Å²) in [6.07, 6.45) is 9.30. The molecule has 1 fully saturated rings. The predicted octanol–water partition coefficient (Wildman–Crippen LogP) is 3.60. The Bertz CT molecular complexity index is 937. The van der Waals surface area contributed by atoms with Crippen LogP contribution in [0.1, 0.15) is 41.3 Å². The van der Waals surface area contributed by atoms with Gasteiger partial charge in [-0.3, -0.25) is 14.6 Å². The van der Waals surface area contributed by atoms with E-state index < -0.39 is 0 Å². The molecular weight excluding hydrogens is 336 g/mol. The molecule has 3 aromatic rings. The minimum absolute atomic E-state index is 0.504. The van der Waals surface area contributed by atoms with Crippen molar-refractivity contribution in [1.29, 1.82) is 0 Å². The minimum atomic E-state index is 0.504. The van der Waals surface area contributed by atoms with Crippen LogP contribution in [-0.4, -0.2) is 32.8 Å². The number of rotatable bonds is 5. The average Bonchev–Trinajstić information content (AvgIpc) is 3.29. The molecule has 138 valence electrons. The lowest BCUT2D eigenvalue weighted by Crippen LogP contribution is -2.37. The van der Waals surface area contributed by atoms with Crippen molar-refractivity contribution in [2.75, 3.05) is 7.11 Å². The first-order valence-electron chi connectivity index (χ1n) is 9.64. The summed E-state index contributed by atoms with van der Waals surface area (Å²) in [4.78, 5) is 7.30. The number of aromatic nitrogens is 3. The molecule has 5 nitrogen and oxygen atoms in total. The molecule has 2 aromatic heterocycles. The molecule has 0 spiro atoms. The van der Waals surface area contributed by atoms with Crippen molar-refractivity contribution in [2.24, 2.45) is 0 Å². The molecule has 2 unspecified atom stereocenters. The molecule has 5 rings (SSSR count). The van der Waals surface area contributed by atoms with E-state index in [1.165, 1.54) is 35.2 Å². The van der Waals surface area contributed by atoms with Gasteiger partial charge in [-0.05, 0) is 48.2 Å². The van der Waals surface area contributed by atoms with Crippen LogP contribution in [0.3, 0.4) is 0 Å². The number of pyridine rings is 1. The van der Waals surface area contributed by atoms with Gasteiger partial charge in [0.2, 0.25) is 0 Å². The molecule has 0 saturated carbocycles. The Kier molecular flexibility index (Phi) is 4.17. The van der Waals surface area contributed by atoms with Crippen molar-refractivity contribution < 1.29 is 4.74 Å². The Morgan fingerprint density at radius 2 is 2.07 bits per heavy atom. The largest absolute Gasteiger partial charge is 0.496 e. The molecule has 2 atom stereocenters. The third-order valence-electron chi connectivity index (χ3n) is 5.96. The van der Waals surface area contributed by atoms with Crippen LogP contribution in [0.25, 0.3) is 0 Å². The maximum absolute atomic E-state index is 5.58. The Morgan fingerprint density at radius 1 is 1.11 bits per heavy atom. The fourth-order valence-electron chi connectivity index (χ4n) is 4.71. The minimum Gasteiger partial charge on any atom is -0.496 e. The van der Waals surface area contributed by atoms with Gasteiger partial charge in [0.05, 0.1) is 13.7 Å². The second kappa shape index (κ2) is 6.82. The van der Waals surface area contributed by atoms with Gasteiger partial charge >= 0.3 is 0 Å². The summed E-state index contributed by atoms with van der Waals surface area (Å²) in [6.45, 7) is 1.70. The molecule has 2 bridgehead atoms. The van der Waals surface area contributed by atoms with Crippen LogP contribution in [0, 0.1) is 0 Å². The van der Waals surface area contributed by atoms with Crippen molar-refractivity contribution in [3.8, 4) is 5.75 Å². The highest BCUT2D eigenvalue weighted by Crippen LogP contribution is 2.43. The molecule has 0 amide bonds. The Hall–Kier alpha value is -2.66. The quantitative estimate of drug-likeness (QED) is 0.697. The molecule has 27 heavy (non-hydrogen) atoms. The summed E-state index contributed by atoms with van der Waals surface area (Å²) in [7, 11) is 1.73. The van der Waals surface area contributed by atoms with Gasteiger partial charge in [-0.15, -0.1) is 0 Å². The predicted molar refractivity (Wildman–Crippen MR) is 104 cm³/mol. The van der Waals surface area contributed by atoms with E-state index in [4.69, 9.17) is 4.74 Å². The van der Waals surface area contributed by atoms with Gasteiger partial charge in [-0.1, -0.05) is 12.1 Å². The lowest BCUT2D eigenvalue weighted by molar-refractivity contribution is 0.166. The van der Waals surface area contributed by atoms with E-state index in [9.17, 15) is 0 Å². The molecule has 4 heterocycles. The Labute approximate surface area is 159 Å². The summed E-state index contributed by atoms with van der Waals surface area (Å²) >= 11 is 0. The molecule has 2 aliphatic rings. The van der Waals surface area contributed by atoms with Crippen LogP contribution >= 0.6 is 0 Å². The van der Waals surface area contributed by atoms with Gasteiger partial charge in [-0.2, -0.15) is 5.10 Å². The zero-order valence-corrected chi connectivity index (χ0v) is 15.6. The van der Waals surface area contributed by atoms with Crippen molar-refractivity contribution >= 4 is 0 Å². The van der Waals surface area contributed by atoms with E-state index in [-0.39, 0.29) is 0 Å². The van der Waals surface area contributed by atoms with E-state index in [1.54, 1.807) is 7.11 Å². The van der Waals surface area contributed by atoms with E-state index >= 15 is 0 Å². The van der Waals surface area contributed by atoms with Crippen molar-refractivity contribution in [1.82, 2.24) is 19.7 Å². The maximum Gasteiger partial charge on any atom is 0.123 e. The second-order valence-corrected chi connectivity index (χ2v) is 7.51. The normalized spacial score (nSPS) is 21.2. The Balaban J connectivity index is 1.41. The van der Waals surface area contributed by atoms with Crippen molar-refractivity contribution in [3.63, 3.8) is 0 Å². The highest BCUT2D eigenvalue weighted by molar-refractivity contribution is 5.38. The third kappa shape index (κ3) is 3.02. The van der Waals surface area contributed by atoms with Gasteiger partial charge in [-0.25, -0.2) is 0 Å². The summed E-state index contributed by atoms with van der Waals surface area (Å²) in [5.41, 5.74) is 5.24. The van der Waals surface area contributed by atoms with Gasteiger partial charge < -0.3 is 4.74 Å². The van der Waals surface area contributed by atoms with E-state index in [0.717, 1.165) is 25.3 Å². The van der Waals surface area contributed by atoms with Crippen LogP contribution in [-0.2, 0) is 19.5 Å². The molecular formula is C22H24N4O. The van der Waals surface area contributed by atoms with Crippen LogP contribution in [0.15, 0.2) is 55.0 Å². The molecule has 0 radical (unpaired) electrons. The molecule has 0 aliphatic carbocycles. The Morgan fingerprint density at radius 3 is 2.93 bits per heavy atom. The monoisotopic (exact) mass is 360 g/mol. The zero-order chi connectivity index (χ0) is 18.2. The topological polar surface area (TPSA) is 43.2 Å². The smallest absolute Gasteiger partial charge is 0.123 e. The number of methoxy groups -OCH3 is 1. The second-order valence-electron chi connectivity index (χ2n) is 7.51. The highest BCUT2D eigenvalue weighted by Gasteiger charge is 2.40. The summed E-state index contributed by atoms with van der Waals surface area (Å²) in [5, 5.41) is 4.34. The first kappa shape index (κ1) is 16.5. The first-order valence-corrected chi connectivity index (χ1v) is 9.64. The van der Waals surface area contributed by atoms with Crippen LogP contribution in [0.2, 0.25) is 0 Å². The molecule has 0 N–H and O–H groups in total. The molecule has 1 aromatic carbocycles. The summed E-state index contributed by atoms with van der Waals surface area (Å²) < 4.78 is 7.52. The SMILES string of the molecule is COc1ccc(CN2C3CCC2c2cccnc2C3)cc1Cn1cccn1. The lowest BCUT2D eigenvalue weighted by atomic mass is 9.97. The average molecular weight is 360 g/mol. The maximum atomic E-state index is 5.58. The van der Waals surface area contributed by atoms with Crippen LogP contribution in [0.4, 0.5) is 0 Å². The standard InChI is InChI=1S/C22H24N4O/c1-27-22-8-5-16(12-17(22)15-25-11-3-10-24-25)14-26-18-6-7-21(26)19-4-2-9-23-20(19)13-18/h2-5,8-12,18,21H,6-7,13-15H2,1H3. The van der Waals surface area contributed by atoms with Crippen LogP contribution < -0.4 is 4.74 Å². The molecule has 2 aliphatic heterocycles. The number of fused-ring (bicyclic) bond motifs is 4. The number of ether oxygens (including phenoxy) is 1. The van der Waals surface area contributed by atoms with Crippen molar-refractivity contribution in [2.45, 2.75) is 44.4 Å². The highest BCUT2D eigenvalue weighted by atomic mass is 16.5. The van der Waals surface area contributed by atoms with Gasteiger partial charge in [0.1, 0.15) is 5.75 Å². The summed E-state index contributed by atoms with van der Waals surface area (Å²) in [5.74, 6) is 0.922. The van der Waals surface area contributed by atoms with Gasteiger partial charge in [0.25, 0.3) is 0 Å². The number of nitrogens with zero attached hydrogens (tertiary/aromatic N) is 4. The number of hydrogen-bond acceptors (Lipinski definition) is 4. The molecule has 5 heteroatoms. The van der Waals surface area contributed by atoms with Crippen molar-refractivity contribution in [3.05, 3.63) is 77.4 Å². The number of hydrogen-bond donors (Lipinski definition) is 0. The number of benzene rings is 1.